The molecule has 116 valence electrons. The van der Waals surface area contributed by atoms with Crippen LogP contribution in [0.3, 0.4) is 0 Å². The van der Waals surface area contributed by atoms with E-state index in [1.54, 1.807) is 0 Å². The van der Waals surface area contributed by atoms with Gasteiger partial charge in [-0.15, -0.1) is 0 Å². The first kappa shape index (κ1) is 16.0. The second-order valence-corrected chi connectivity index (χ2v) is 6.29. The van der Waals surface area contributed by atoms with E-state index >= 15 is 0 Å². The van der Waals surface area contributed by atoms with Crippen LogP contribution in [0.4, 0.5) is 0 Å². The molecule has 1 aromatic rings. The second-order valence-electron chi connectivity index (χ2n) is 6.29. The lowest BCUT2D eigenvalue weighted by Crippen LogP contribution is -2.35. The molecule has 0 aliphatic heterocycles. The van der Waals surface area contributed by atoms with Crippen LogP contribution in [0.2, 0.25) is 0 Å². The average Bonchev–Trinajstić information content (AvgIpc) is 2.91. The number of ether oxygens (including phenoxy) is 1. The highest BCUT2D eigenvalue weighted by Crippen LogP contribution is 2.41. The monoisotopic (exact) mass is 291 g/mol. The summed E-state index contributed by atoms with van der Waals surface area (Å²) in [6.45, 7) is 6.97. The first-order chi connectivity index (χ1) is 10.1. The molecule has 1 atom stereocenters. The molecule has 1 fully saturated rings. The Bertz CT molecular complexity index is 484. The Labute approximate surface area is 126 Å². The Hall–Kier alpha value is -1.41. The predicted octanol–water partition coefficient (Wildman–Crippen LogP) is 3.60. The summed E-state index contributed by atoms with van der Waals surface area (Å²) in [7, 11) is 0. The fraction of sp³-hybridized carbons (Fsp3) is 0.812. The van der Waals surface area contributed by atoms with Gasteiger partial charge >= 0.3 is 0 Å². The molecule has 1 unspecified atom stereocenters. The summed E-state index contributed by atoms with van der Waals surface area (Å²) in [6, 6.07) is 2.18. The van der Waals surface area contributed by atoms with E-state index in [0.29, 0.717) is 31.2 Å². The van der Waals surface area contributed by atoms with Gasteiger partial charge in [0.1, 0.15) is 5.60 Å². The highest BCUT2D eigenvalue weighted by Gasteiger charge is 2.40. The molecule has 5 heteroatoms. The van der Waals surface area contributed by atoms with Crippen LogP contribution in [0, 0.1) is 23.2 Å². The van der Waals surface area contributed by atoms with Crippen molar-refractivity contribution in [2.45, 2.75) is 64.9 Å². The van der Waals surface area contributed by atoms with Crippen LogP contribution in [0.25, 0.3) is 0 Å². The first-order valence-corrected chi connectivity index (χ1v) is 7.93. The van der Waals surface area contributed by atoms with Crippen LogP contribution in [0.1, 0.15) is 64.6 Å². The zero-order valence-electron chi connectivity index (χ0n) is 13.3. The van der Waals surface area contributed by atoms with Crippen molar-refractivity contribution >= 4 is 0 Å². The number of aromatic nitrogens is 2. The molecule has 2 rings (SSSR count). The summed E-state index contributed by atoms with van der Waals surface area (Å²) in [5.74, 6) is 2.28. The van der Waals surface area contributed by atoms with Gasteiger partial charge < -0.3 is 9.26 Å². The summed E-state index contributed by atoms with van der Waals surface area (Å²) < 4.78 is 11.4. The molecule has 1 aromatic heterocycles. The third-order valence-corrected chi connectivity index (χ3v) is 4.34. The van der Waals surface area contributed by atoms with Gasteiger partial charge in [0, 0.05) is 19.4 Å². The van der Waals surface area contributed by atoms with Crippen molar-refractivity contribution in [1.82, 2.24) is 10.1 Å². The van der Waals surface area contributed by atoms with E-state index in [9.17, 15) is 0 Å². The van der Waals surface area contributed by atoms with Gasteiger partial charge in [0.15, 0.2) is 0 Å². The van der Waals surface area contributed by atoms with Crippen LogP contribution in [0.5, 0.6) is 0 Å². The molecule has 1 saturated carbocycles. The van der Waals surface area contributed by atoms with Gasteiger partial charge in [-0.3, -0.25) is 0 Å². The number of hydrogen-bond acceptors (Lipinski definition) is 5. The summed E-state index contributed by atoms with van der Waals surface area (Å²) in [6.07, 6.45) is 5.33. The maximum atomic E-state index is 8.72. The number of nitrogens with zero attached hydrogens (tertiary/aromatic N) is 3. The van der Waals surface area contributed by atoms with Crippen molar-refractivity contribution < 1.29 is 9.26 Å². The zero-order chi connectivity index (χ0) is 15.3. The molecule has 0 spiro atoms. The Morgan fingerprint density at radius 1 is 1.48 bits per heavy atom. The van der Waals surface area contributed by atoms with Crippen molar-refractivity contribution in [1.29, 1.82) is 5.26 Å². The van der Waals surface area contributed by atoms with Gasteiger partial charge in [-0.25, -0.2) is 0 Å². The van der Waals surface area contributed by atoms with Crippen LogP contribution in [0.15, 0.2) is 4.52 Å². The van der Waals surface area contributed by atoms with Crippen molar-refractivity contribution in [3.63, 3.8) is 0 Å². The molecule has 0 radical (unpaired) electrons. The number of hydrogen-bond donors (Lipinski definition) is 0. The molecular weight excluding hydrogens is 266 g/mol. The average molecular weight is 291 g/mol. The normalized spacial score (nSPS) is 27.2. The molecule has 0 saturated heterocycles. The fourth-order valence-corrected chi connectivity index (χ4v) is 2.99. The van der Waals surface area contributed by atoms with Gasteiger partial charge in [0.2, 0.25) is 11.7 Å². The van der Waals surface area contributed by atoms with Gasteiger partial charge in [-0.2, -0.15) is 10.2 Å². The SMILES string of the molecule is CCOC1(c2noc(CC(C)CC#N)n2)CCC(C)CC1. The minimum atomic E-state index is -0.374. The standard InChI is InChI=1S/C16H25N3O2/c1-4-20-16(8-5-12(2)6-9-16)15-18-14(21-19-15)11-13(3)7-10-17/h12-13H,4-9,11H2,1-3H3. The van der Waals surface area contributed by atoms with Gasteiger partial charge in [0.25, 0.3) is 0 Å². The molecule has 0 amide bonds. The molecule has 1 heterocycles. The molecule has 0 aromatic carbocycles. The lowest BCUT2D eigenvalue weighted by molar-refractivity contribution is -0.0847. The molecule has 21 heavy (non-hydrogen) atoms. The first-order valence-electron chi connectivity index (χ1n) is 7.93. The highest BCUT2D eigenvalue weighted by atomic mass is 16.5. The fourth-order valence-electron chi connectivity index (χ4n) is 2.99. The highest BCUT2D eigenvalue weighted by molar-refractivity contribution is 5.04. The van der Waals surface area contributed by atoms with E-state index in [0.717, 1.165) is 31.6 Å². The largest absolute Gasteiger partial charge is 0.367 e. The van der Waals surface area contributed by atoms with Crippen LogP contribution >= 0.6 is 0 Å². The van der Waals surface area contributed by atoms with E-state index in [1.807, 2.05) is 13.8 Å². The van der Waals surface area contributed by atoms with Crippen molar-refractivity contribution in [2.24, 2.45) is 11.8 Å². The smallest absolute Gasteiger partial charge is 0.227 e. The minimum absolute atomic E-state index is 0.234. The van der Waals surface area contributed by atoms with E-state index in [1.165, 1.54) is 0 Å². The summed E-state index contributed by atoms with van der Waals surface area (Å²) >= 11 is 0. The summed E-state index contributed by atoms with van der Waals surface area (Å²) in [4.78, 5) is 4.56. The van der Waals surface area contributed by atoms with E-state index in [4.69, 9.17) is 14.5 Å². The van der Waals surface area contributed by atoms with E-state index in [2.05, 4.69) is 23.1 Å². The van der Waals surface area contributed by atoms with Crippen molar-refractivity contribution in [2.75, 3.05) is 6.61 Å². The lowest BCUT2D eigenvalue weighted by atomic mass is 9.79. The second kappa shape index (κ2) is 7.04. The molecule has 0 bridgehead atoms. The Morgan fingerprint density at radius 2 is 2.19 bits per heavy atom. The predicted molar refractivity (Wildman–Crippen MR) is 78.3 cm³/mol. The third kappa shape index (κ3) is 3.82. The summed E-state index contributed by atoms with van der Waals surface area (Å²) in [5, 5.41) is 12.9. The minimum Gasteiger partial charge on any atom is -0.367 e. The summed E-state index contributed by atoms with van der Waals surface area (Å²) in [5.41, 5.74) is -0.374. The maximum absolute atomic E-state index is 8.72. The molecule has 1 aliphatic carbocycles. The van der Waals surface area contributed by atoms with Crippen molar-refractivity contribution in [3.8, 4) is 6.07 Å². The lowest BCUT2D eigenvalue weighted by Gasteiger charge is -2.36. The molecule has 5 nitrogen and oxygen atoms in total. The van der Waals surface area contributed by atoms with Gasteiger partial charge in [-0.05, 0) is 44.4 Å². The maximum Gasteiger partial charge on any atom is 0.227 e. The van der Waals surface area contributed by atoms with Crippen LogP contribution in [-0.4, -0.2) is 16.7 Å². The van der Waals surface area contributed by atoms with E-state index < -0.39 is 0 Å². The molecule has 1 aliphatic rings. The quantitative estimate of drug-likeness (QED) is 0.800. The third-order valence-electron chi connectivity index (χ3n) is 4.34. The number of nitriles is 1. The van der Waals surface area contributed by atoms with Crippen molar-refractivity contribution in [3.05, 3.63) is 11.7 Å². The number of rotatable bonds is 6. The van der Waals surface area contributed by atoms with Crippen LogP contribution in [-0.2, 0) is 16.8 Å². The molecule has 0 N–H and O–H groups in total. The Kier molecular flexibility index (Phi) is 5.35. The van der Waals surface area contributed by atoms with Crippen LogP contribution < -0.4 is 0 Å². The Morgan fingerprint density at radius 3 is 2.81 bits per heavy atom. The van der Waals surface area contributed by atoms with Gasteiger partial charge in [0.05, 0.1) is 6.07 Å². The van der Waals surface area contributed by atoms with Gasteiger partial charge in [-0.1, -0.05) is 19.0 Å². The zero-order valence-corrected chi connectivity index (χ0v) is 13.3. The Balaban J connectivity index is 2.11. The van der Waals surface area contributed by atoms with E-state index in [-0.39, 0.29) is 11.5 Å². The topological polar surface area (TPSA) is 71.9 Å². The molecular formula is C16H25N3O2.